The van der Waals surface area contributed by atoms with Crippen LogP contribution in [0.15, 0.2) is 11.2 Å². The Morgan fingerprint density at radius 3 is 2.94 bits per heavy atom. The summed E-state index contributed by atoms with van der Waals surface area (Å²) in [6.07, 6.45) is 4.55. The summed E-state index contributed by atoms with van der Waals surface area (Å²) in [5.41, 5.74) is 0. The van der Waals surface area contributed by atoms with Gasteiger partial charge < -0.3 is 5.32 Å². The molecule has 0 atom stereocenters. The van der Waals surface area contributed by atoms with Crippen LogP contribution in [0.4, 0.5) is 5.82 Å². The van der Waals surface area contributed by atoms with Crippen molar-refractivity contribution < 1.29 is 0 Å². The molecule has 1 aromatic rings. The maximum absolute atomic E-state index is 5.94. The summed E-state index contributed by atoms with van der Waals surface area (Å²) in [4.78, 5) is 8.51. The Kier molecular flexibility index (Phi) is 5.25. The molecule has 0 unspecified atom stereocenters. The number of aromatic nitrogens is 2. The van der Waals surface area contributed by atoms with Crippen molar-refractivity contribution in [2.24, 2.45) is 5.92 Å². The third-order valence-electron chi connectivity index (χ3n) is 2.77. The summed E-state index contributed by atoms with van der Waals surface area (Å²) in [7, 11) is 0. The van der Waals surface area contributed by atoms with Crippen LogP contribution in [0, 0.1) is 5.92 Å². The van der Waals surface area contributed by atoms with Crippen LogP contribution in [0.1, 0.15) is 12.8 Å². The topological polar surface area (TPSA) is 37.8 Å². The van der Waals surface area contributed by atoms with E-state index in [1.165, 1.54) is 36.1 Å². The summed E-state index contributed by atoms with van der Waals surface area (Å²) in [6, 6.07) is 1.79. The van der Waals surface area contributed by atoms with E-state index in [-0.39, 0.29) is 0 Å². The number of nitrogens with zero attached hydrogens (tertiary/aromatic N) is 2. The lowest BCUT2D eigenvalue weighted by molar-refractivity contribution is 0.515. The Labute approximate surface area is 116 Å². The van der Waals surface area contributed by atoms with E-state index in [0.717, 1.165) is 23.4 Å². The molecule has 2 heterocycles. The molecule has 0 bridgehead atoms. The zero-order valence-electron chi connectivity index (χ0n) is 9.78. The van der Waals surface area contributed by atoms with E-state index in [0.29, 0.717) is 5.15 Å². The van der Waals surface area contributed by atoms with E-state index in [2.05, 4.69) is 27.0 Å². The third kappa shape index (κ3) is 4.23. The molecule has 1 fully saturated rings. The first kappa shape index (κ1) is 13.3. The van der Waals surface area contributed by atoms with Crippen LogP contribution < -0.4 is 5.32 Å². The first-order valence-electron chi connectivity index (χ1n) is 5.68. The third-order valence-corrected chi connectivity index (χ3v) is 4.56. The summed E-state index contributed by atoms with van der Waals surface area (Å²) in [5.74, 6) is 4.18. The molecule has 1 aliphatic rings. The van der Waals surface area contributed by atoms with Gasteiger partial charge in [0, 0.05) is 12.6 Å². The van der Waals surface area contributed by atoms with E-state index < -0.39 is 0 Å². The van der Waals surface area contributed by atoms with Gasteiger partial charge >= 0.3 is 0 Å². The average Bonchev–Trinajstić information content (AvgIpc) is 2.37. The van der Waals surface area contributed by atoms with Crippen molar-refractivity contribution in [3.05, 3.63) is 11.2 Å². The second kappa shape index (κ2) is 6.71. The van der Waals surface area contributed by atoms with E-state index in [1.54, 1.807) is 6.07 Å². The zero-order chi connectivity index (χ0) is 12.1. The molecular weight excluding hydrogens is 274 g/mol. The van der Waals surface area contributed by atoms with E-state index in [1.807, 2.05) is 6.26 Å². The fraction of sp³-hybridized carbons (Fsp3) is 0.636. The average molecular weight is 290 g/mol. The van der Waals surface area contributed by atoms with Gasteiger partial charge in [0.2, 0.25) is 0 Å². The monoisotopic (exact) mass is 289 g/mol. The van der Waals surface area contributed by atoms with E-state index >= 15 is 0 Å². The largest absolute Gasteiger partial charge is 0.370 e. The molecule has 0 saturated carbocycles. The number of thioether (sulfide) groups is 2. The van der Waals surface area contributed by atoms with Crippen molar-refractivity contribution >= 4 is 40.9 Å². The van der Waals surface area contributed by atoms with Crippen molar-refractivity contribution in [1.29, 1.82) is 0 Å². The van der Waals surface area contributed by atoms with Crippen molar-refractivity contribution in [2.75, 3.05) is 29.6 Å². The molecule has 3 nitrogen and oxygen atoms in total. The fourth-order valence-electron chi connectivity index (χ4n) is 1.78. The van der Waals surface area contributed by atoms with Gasteiger partial charge in [-0.05, 0) is 36.5 Å². The Morgan fingerprint density at radius 2 is 2.24 bits per heavy atom. The first-order chi connectivity index (χ1) is 8.28. The number of hydrogen-bond acceptors (Lipinski definition) is 5. The Morgan fingerprint density at radius 1 is 1.47 bits per heavy atom. The molecule has 6 heteroatoms. The van der Waals surface area contributed by atoms with Crippen LogP contribution >= 0.6 is 35.1 Å². The standard InChI is InChI=1S/C11H16ClN3S2/c1-16-11-14-9(12)6-10(15-11)13-7-8-2-4-17-5-3-8/h6,8H,2-5,7H2,1H3,(H,13,14,15). The molecule has 0 radical (unpaired) electrons. The van der Waals surface area contributed by atoms with Gasteiger partial charge in [0.05, 0.1) is 0 Å². The lowest BCUT2D eigenvalue weighted by Crippen LogP contribution is -2.19. The number of rotatable bonds is 4. The highest BCUT2D eigenvalue weighted by atomic mass is 35.5. The molecule has 1 aliphatic heterocycles. The minimum absolute atomic E-state index is 0.506. The predicted octanol–water partition coefficient (Wildman–Crippen LogP) is 3.41. The highest BCUT2D eigenvalue weighted by Gasteiger charge is 2.13. The maximum atomic E-state index is 5.94. The normalized spacial score (nSPS) is 17.1. The lowest BCUT2D eigenvalue weighted by atomic mass is 10.0. The number of hydrogen-bond donors (Lipinski definition) is 1. The molecule has 1 N–H and O–H groups in total. The molecule has 0 spiro atoms. The summed E-state index contributed by atoms with van der Waals surface area (Å²) in [6.45, 7) is 0.988. The first-order valence-corrected chi connectivity index (χ1v) is 8.44. The van der Waals surface area contributed by atoms with Crippen LogP contribution in [-0.4, -0.2) is 34.3 Å². The molecule has 94 valence electrons. The number of anilines is 1. The number of nitrogens with one attached hydrogen (secondary N) is 1. The summed E-state index contributed by atoms with van der Waals surface area (Å²) in [5, 5.41) is 4.60. The van der Waals surface area contributed by atoms with Crippen molar-refractivity contribution in [2.45, 2.75) is 18.0 Å². The summed E-state index contributed by atoms with van der Waals surface area (Å²) >= 11 is 9.50. The molecule has 0 aromatic carbocycles. The smallest absolute Gasteiger partial charge is 0.190 e. The van der Waals surface area contributed by atoms with Crippen molar-refractivity contribution in [3.63, 3.8) is 0 Å². The SMILES string of the molecule is CSc1nc(Cl)cc(NCC2CCSCC2)n1. The highest BCUT2D eigenvalue weighted by Crippen LogP contribution is 2.23. The van der Waals surface area contributed by atoms with Gasteiger partial charge in [-0.2, -0.15) is 11.8 Å². The van der Waals surface area contributed by atoms with Gasteiger partial charge in [-0.1, -0.05) is 23.4 Å². The minimum atomic E-state index is 0.506. The minimum Gasteiger partial charge on any atom is -0.370 e. The lowest BCUT2D eigenvalue weighted by Gasteiger charge is -2.21. The second-order valence-corrected chi connectivity index (χ2v) is 6.38. The zero-order valence-corrected chi connectivity index (χ0v) is 12.2. The molecule has 0 amide bonds. The van der Waals surface area contributed by atoms with Gasteiger partial charge in [-0.25, -0.2) is 9.97 Å². The Balaban J connectivity index is 1.91. The molecule has 1 aromatic heterocycles. The second-order valence-electron chi connectivity index (χ2n) is 4.00. The molecule has 2 rings (SSSR count). The molecular formula is C11H16ClN3S2. The van der Waals surface area contributed by atoms with Gasteiger partial charge in [0.1, 0.15) is 11.0 Å². The van der Waals surface area contributed by atoms with Crippen LogP contribution in [0.5, 0.6) is 0 Å². The molecule has 1 saturated heterocycles. The van der Waals surface area contributed by atoms with Gasteiger partial charge in [-0.3, -0.25) is 0 Å². The Hall–Kier alpha value is -0.130. The van der Waals surface area contributed by atoms with Crippen LogP contribution in [0.2, 0.25) is 5.15 Å². The van der Waals surface area contributed by atoms with Gasteiger partial charge in [0.25, 0.3) is 0 Å². The van der Waals surface area contributed by atoms with E-state index in [9.17, 15) is 0 Å². The number of halogens is 1. The van der Waals surface area contributed by atoms with E-state index in [4.69, 9.17) is 11.6 Å². The van der Waals surface area contributed by atoms with Crippen LogP contribution in [-0.2, 0) is 0 Å². The predicted molar refractivity (Wildman–Crippen MR) is 77.4 cm³/mol. The van der Waals surface area contributed by atoms with Crippen LogP contribution in [0.25, 0.3) is 0 Å². The summed E-state index contributed by atoms with van der Waals surface area (Å²) < 4.78 is 0. The maximum Gasteiger partial charge on any atom is 0.190 e. The quantitative estimate of drug-likeness (QED) is 0.522. The fourth-order valence-corrected chi connectivity index (χ4v) is 3.59. The van der Waals surface area contributed by atoms with Crippen molar-refractivity contribution in [1.82, 2.24) is 9.97 Å². The Bertz CT molecular complexity index is 370. The highest BCUT2D eigenvalue weighted by molar-refractivity contribution is 7.99. The van der Waals surface area contributed by atoms with Gasteiger partial charge in [-0.15, -0.1) is 0 Å². The van der Waals surface area contributed by atoms with Gasteiger partial charge in [0.15, 0.2) is 5.16 Å². The molecule has 0 aliphatic carbocycles. The van der Waals surface area contributed by atoms with Crippen molar-refractivity contribution in [3.8, 4) is 0 Å². The molecule has 17 heavy (non-hydrogen) atoms. The van der Waals surface area contributed by atoms with Crippen LogP contribution in [0.3, 0.4) is 0 Å².